The Labute approximate surface area is 148 Å². The van der Waals surface area contributed by atoms with Crippen molar-refractivity contribution < 1.29 is 25.8 Å². The monoisotopic (exact) mass is 457 g/mol. The van der Waals surface area contributed by atoms with Crippen molar-refractivity contribution in [1.29, 1.82) is 0 Å². The number of rotatable bonds is 1. The van der Waals surface area contributed by atoms with Gasteiger partial charge in [-0.1, -0.05) is 62.0 Å². The molecular weight excluding hydrogens is 435 g/mol. The fourth-order valence-corrected chi connectivity index (χ4v) is 4.88. The Kier molecular flexibility index (Phi) is 5.32. The van der Waals surface area contributed by atoms with E-state index in [0.29, 0.717) is 5.92 Å². The predicted octanol–water partition coefficient (Wildman–Crippen LogP) is 4.57. The topological polar surface area (TPSA) is 0 Å². The first kappa shape index (κ1) is 16.8. The van der Waals surface area contributed by atoms with Crippen LogP contribution >= 0.6 is 0 Å². The van der Waals surface area contributed by atoms with Gasteiger partial charge in [-0.3, -0.25) is 0 Å². The second kappa shape index (κ2) is 6.66. The van der Waals surface area contributed by atoms with Gasteiger partial charge in [0, 0.05) is 34.3 Å². The fraction of sp³-hybridized carbons (Fsp3) is 0.316. The summed E-state index contributed by atoms with van der Waals surface area (Å²) in [5.74, 6) is 0.519. The molecule has 0 aromatic rings. The third-order valence-electron chi connectivity index (χ3n) is 4.36. The van der Waals surface area contributed by atoms with Gasteiger partial charge in [-0.2, -0.15) is 5.57 Å². The van der Waals surface area contributed by atoms with Crippen LogP contribution in [0.4, 0.5) is 0 Å². The molecule has 0 aliphatic heterocycles. The van der Waals surface area contributed by atoms with Crippen LogP contribution in [0.3, 0.4) is 0 Å². The van der Waals surface area contributed by atoms with Gasteiger partial charge in [0.15, 0.2) is 0 Å². The van der Waals surface area contributed by atoms with Crippen molar-refractivity contribution >= 4 is 13.6 Å². The molecule has 3 aliphatic carbocycles. The largest absolute Gasteiger partial charge is 0.154 e. The van der Waals surface area contributed by atoms with Gasteiger partial charge in [-0.25, -0.2) is 0 Å². The molecule has 3 rings (SSSR count). The third-order valence-corrected chi connectivity index (χ3v) is 6.12. The van der Waals surface area contributed by atoms with E-state index in [2.05, 4.69) is 69.5 Å². The van der Waals surface area contributed by atoms with Crippen LogP contribution in [0, 0.1) is 12.0 Å². The van der Waals surface area contributed by atoms with Gasteiger partial charge in [0.05, 0.1) is 0 Å². The van der Waals surface area contributed by atoms with Crippen LogP contribution in [0.5, 0.6) is 0 Å². The molecule has 0 saturated carbocycles. The first-order valence-corrected chi connectivity index (χ1v) is 9.87. The minimum atomic E-state index is -0.418. The van der Waals surface area contributed by atoms with Crippen molar-refractivity contribution in [3.63, 3.8) is 0 Å². The van der Waals surface area contributed by atoms with Crippen molar-refractivity contribution in [2.24, 2.45) is 5.92 Å². The summed E-state index contributed by atoms with van der Waals surface area (Å²) in [5, 5.41) is 1.62. The minimum absolute atomic E-state index is 0. The molecule has 0 fully saturated rings. The zero-order chi connectivity index (χ0) is 14.3. The van der Waals surface area contributed by atoms with Crippen LogP contribution < -0.4 is 0 Å². The van der Waals surface area contributed by atoms with Gasteiger partial charge in [0.2, 0.25) is 0 Å². The van der Waals surface area contributed by atoms with Crippen LogP contribution in [0.1, 0.15) is 20.3 Å². The van der Waals surface area contributed by atoms with Crippen LogP contribution in [-0.4, -0.2) is 13.6 Å². The normalized spacial score (nSPS) is 23.3. The average molecular weight is 456 g/mol. The molecular formula is C19H21HfSi-. The van der Waals surface area contributed by atoms with Crippen molar-refractivity contribution in [3.8, 4) is 0 Å². The third kappa shape index (κ3) is 2.98. The van der Waals surface area contributed by atoms with Gasteiger partial charge >= 0.3 is 0 Å². The molecule has 1 unspecified atom stereocenters. The molecule has 0 heterocycles. The fourth-order valence-electron chi connectivity index (χ4n) is 3.44. The molecule has 0 N–H and O–H groups in total. The first-order valence-electron chi connectivity index (χ1n) is 7.37. The van der Waals surface area contributed by atoms with E-state index in [1.54, 1.807) is 5.17 Å². The smallest absolute Gasteiger partial charge is 0.00715 e. The van der Waals surface area contributed by atoms with E-state index < -0.39 is 8.41 Å². The van der Waals surface area contributed by atoms with Crippen LogP contribution in [-0.2, 0) is 25.8 Å². The Morgan fingerprint density at radius 3 is 2.57 bits per heavy atom. The molecule has 21 heavy (non-hydrogen) atoms. The van der Waals surface area contributed by atoms with Crippen molar-refractivity contribution in [1.82, 2.24) is 0 Å². The predicted molar refractivity (Wildman–Crippen MR) is 90.2 cm³/mol. The van der Waals surface area contributed by atoms with Gasteiger partial charge < -0.3 is 0 Å². The van der Waals surface area contributed by atoms with Crippen LogP contribution in [0.25, 0.3) is 0 Å². The Hall–Kier alpha value is -0.603. The molecule has 0 saturated heterocycles. The van der Waals surface area contributed by atoms with E-state index >= 15 is 0 Å². The van der Waals surface area contributed by atoms with E-state index in [-0.39, 0.29) is 25.8 Å². The zero-order valence-corrected chi connectivity index (χ0v) is 17.8. The molecule has 3 aliphatic rings. The van der Waals surface area contributed by atoms with E-state index in [9.17, 15) is 0 Å². The van der Waals surface area contributed by atoms with Gasteiger partial charge in [0.25, 0.3) is 0 Å². The van der Waals surface area contributed by atoms with Gasteiger partial charge in [-0.05, 0) is 12.3 Å². The summed E-state index contributed by atoms with van der Waals surface area (Å²) in [6, 6.07) is 0. The Morgan fingerprint density at radius 1 is 1.19 bits per heavy atom. The summed E-state index contributed by atoms with van der Waals surface area (Å²) in [7, 11) is -0.418. The van der Waals surface area contributed by atoms with Gasteiger partial charge in [-0.15, -0.1) is 34.9 Å². The summed E-state index contributed by atoms with van der Waals surface area (Å²) in [5.41, 5.74) is 7.03. The van der Waals surface area contributed by atoms with E-state index in [1.165, 1.54) is 27.9 Å². The average Bonchev–Trinajstić information content (AvgIpc) is 2.97. The standard InChI is InChI=1S/C19H21Si.Hf/c1-13-12-16-10-7-11-17(20(3)4)14(2)19(16)18(13)15-8-5-6-9-15;/h5-8,10-11,14H,9H2,1-4H3;/q-1;. The van der Waals surface area contributed by atoms with Crippen molar-refractivity contribution in [2.45, 2.75) is 33.4 Å². The summed E-state index contributed by atoms with van der Waals surface area (Å²) >= 11 is 0. The molecule has 0 radical (unpaired) electrons. The summed E-state index contributed by atoms with van der Waals surface area (Å²) < 4.78 is 0. The molecule has 0 bridgehead atoms. The Morgan fingerprint density at radius 2 is 1.95 bits per heavy atom. The number of hydrogen-bond donors (Lipinski definition) is 0. The molecule has 0 amide bonds. The quantitative estimate of drug-likeness (QED) is 0.401. The van der Waals surface area contributed by atoms with E-state index in [4.69, 9.17) is 0 Å². The summed E-state index contributed by atoms with van der Waals surface area (Å²) in [6.45, 7) is 9.36. The molecule has 106 valence electrons. The molecule has 0 nitrogen and oxygen atoms in total. The number of allylic oxidation sites excluding steroid dienone is 12. The first-order chi connectivity index (χ1) is 9.59. The van der Waals surface area contributed by atoms with Gasteiger partial charge in [0.1, 0.15) is 0 Å². The molecule has 2 heteroatoms. The number of fused-ring (bicyclic) bond motifs is 1. The van der Waals surface area contributed by atoms with Crippen LogP contribution in [0.15, 0.2) is 64.3 Å². The Balaban J connectivity index is 0.00000161. The van der Waals surface area contributed by atoms with E-state index in [0.717, 1.165) is 6.42 Å². The molecule has 1 atom stereocenters. The van der Waals surface area contributed by atoms with Crippen molar-refractivity contribution in [3.05, 3.63) is 70.4 Å². The minimum Gasteiger partial charge on any atom is -0.154 e. The maximum absolute atomic E-state index is 3.59. The van der Waals surface area contributed by atoms with Crippen LogP contribution in [0.2, 0.25) is 13.1 Å². The van der Waals surface area contributed by atoms with Crippen molar-refractivity contribution in [2.75, 3.05) is 0 Å². The SMILES string of the molecule is CC1=[C-]C2=CC=CC(=[Si](C)C)C(C)C2=C1C1=CC=CC1.[Hf]. The Bertz CT molecular complexity index is 674. The zero-order valence-electron chi connectivity index (χ0n) is 13.2. The van der Waals surface area contributed by atoms with E-state index in [1.807, 2.05) is 0 Å². The molecule has 0 spiro atoms. The maximum atomic E-state index is 3.59. The second-order valence-electron chi connectivity index (χ2n) is 5.98. The summed E-state index contributed by atoms with van der Waals surface area (Å²) in [6.07, 6.45) is 18.2. The maximum Gasteiger partial charge on any atom is 0.00715 e. The summed E-state index contributed by atoms with van der Waals surface area (Å²) in [4.78, 5) is 0. The molecule has 0 aromatic carbocycles. The molecule has 0 aromatic heterocycles. The second-order valence-corrected chi connectivity index (χ2v) is 8.56. The number of hydrogen-bond acceptors (Lipinski definition) is 0.